The molecule has 0 saturated carbocycles. The first kappa shape index (κ1) is 16.3. The van der Waals surface area contributed by atoms with Crippen LogP contribution in [0.2, 0.25) is 0 Å². The highest BCUT2D eigenvalue weighted by atomic mass is 79.9. The van der Waals surface area contributed by atoms with Gasteiger partial charge in [0.25, 0.3) is 6.43 Å². The van der Waals surface area contributed by atoms with Gasteiger partial charge in [-0.25, -0.2) is 8.78 Å². The number of nitrogens with zero attached hydrogens (tertiary/aromatic N) is 1. The number of aliphatic hydroxyl groups excluding tert-OH is 1. The van der Waals surface area contributed by atoms with Crippen LogP contribution in [0.5, 0.6) is 0 Å². The molecule has 0 aromatic heterocycles. The van der Waals surface area contributed by atoms with E-state index in [4.69, 9.17) is 5.11 Å². The summed E-state index contributed by atoms with van der Waals surface area (Å²) in [6.07, 6.45) is -2.43. The van der Waals surface area contributed by atoms with Gasteiger partial charge in [0.05, 0.1) is 13.2 Å². The Morgan fingerprint density at radius 1 is 1.42 bits per heavy atom. The van der Waals surface area contributed by atoms with Crippen molar-refractivity contribution in [2.75, 3.05) is 31.1 Å². The molecule has 0 aliphatic carbocycles. The molecule has 0 spiro atoms. The summed E-state index contributed by atoms with van der Waals surface area (Å²) in [7, 11) is 0. The molecule has 0 heterocycles. The van der Waals surface area contributed by atoms with Crippen molar-refractivity contribution >= 4 is 21.6 Å². The van der Waals surface area contributed by atoms with Crippen molar-refractivity contribution in [3.63, 3.8) is 0 Å². The molecule has 19 heavy (non-hydrogen) atoms. The molecule has 108 valence electrons. The van der Waals surface area contributed by atoms with Crippen LogP contribution in [0.4, 0.5) is 14.5 Å². The van der Waals surface area contributed by atoms with Crippen molar-refractivity contribution in [3.05, 3.63) is 28.2 Å². The van der Waals surface area contributed by atoms with Crippen LogP contribution in [0.15, 0.2) is 22.7 Å². The average molecular weight is 337 g/mol. The number of hydrogen-bond donors (Lipinski definition) is 2. The molecule has 1 rings (SSSR count). The van der Waals surface area contributed by atoms with E-state index in [0.29, 0.717) is 6.54 Å². The van der Waals surface area contributed by atoms with E-state index >= 15 is 0 Å². The van der Waals surface area contributed by atoms with Gasteiger partial charge in [-0.3, -0.25) is 0 Å². The van der Waals surface area contributed by atoms with Crippen LogP contribution < -0.4 is 10.2 Å². The van der Waals surface area contributed by atoms with Gasteiger partial charge in [-0.2, -0.15) is 0 Å². The molecule has 0 unspecified atom stereocenters. The molecular weight excluding hydrogens is 318 g/mol. The first-order valence-electron chi connectivity index (χ1n) is 6.21. The van der Waals surface area contributed by atoms with E-state index in [-0.39, 0.29) is 19.7 Å². The summed E-state index contributed by atoms with van der Waals surface area (Å²) in [6.45, 7) is 3.08. The van der Waals surface area contributed by atoms with Crippen LogP contribution in [0.3, 0.4) is 0 Å². The van der Waals surface area contributed by atoms with Crippen LogP contribution in [-0.2, 0) is 6.54 Å². The third kappa shape index (κ3) is 5.42. The highest BCUT2D eigenvalue weighted by molar-refractivity contribution is 9.10. The van der Waals surface area contributed by atoms with Gasteiger partial charge in [-0.15, -0.1) is 0 Å². The molecule has 0 radical (unpaired) electrons. The molecule has 0 atom stereocenters. The van der Waals surface area contributed by atoms with Crippen LogP contribution in [-0.4, -0.2) is 37.8 Å². The van der Waals surface area contributed by atoms with Gasteiger partial charge in [0.15, 0.2) is 0 Å². The van der Waals surface area contributed by atoms with Crippen molar-refractivity contribution in [1.29, 1.82) is 0 Å². The number of alkyl halides is 2. The predicted molar refractivity (Wildman–Crippen MR) is 76.8 cm³/mol. The third-order valence-corrected chi connectivity index (χ3v) is 3.18. The fourth-order valence-electron chi connectivity index (χ4n) is 1.84. The summed E-state index contributed by atoms with van der Waals surface area (Å²) in [5, 5.41) is 12.2. The van der Waals surface area contributed by atoms with Gasteiger partial charge in [-0.05, 0) is 24.2 Å². The van der Waals surface area contributed by atoms with E-state index in [1.54, 1.807) is 0 Å². The number of hydrogen-bond acceptors (Lipinski definition) is 3. The molecule has 2 N–H and O–H groups in total. The van der Waals surface area contributed by atoms with Gasteiger partial charge in [-0.1, -0.05) is 28.9 Å². The first-order valence-corrected chi connectivity index (χ1v) is 7.00. The van der Waals surface area contributed by atoms with Crippen molar-refractivity contribution in [2.24, 2.45) is 0 Å². The smallest absolute Gasteiger partial charge is 0.255 e. The monoisotopic (exact) mass is 336 g/mol. The first-order chi connectivity index (χ1) is 9.08. The number of halogens is 3. The normalized spacial score (nSPS) is 11.1. The number of benzene rings is 1. The predicted octanol–water partition coefficient (Wildman–Crippen LogP) is 2.62. The Morgan fingerprint density at radius 2 is 2.16 bits per heavy atom. The van der Waals surface area contributed by atoms with E-state index in [9.17, 15) is 8.78 Å². The van der Waals surface area contributed by atoms with E-state index in [1.165, 1.54) is 4.90 Å². The Hall–Kier alpha value is -0.720. The minimum atomic E-state index is -2.43. The number of nitrogens with one attached hydrogen (secondary N) is 1. The molecule has 1 aromatic carbocycles. The molecule has 0 bridgehead atoms. The van der Waals surface area contributed by atoms with Crippen LogP contribution >= 0.6 is 15.9 Å². The molecule has 0 aliphatic rings. The molecule has 0 saturated heterocycles. The van der Waals surface area contributed by atoms with E-state index in [2.05, 4.69) is 21.2 Å². The van der Waals surface area contributed by atoms with Gasteiger partial charge in [0.2, 0.25) is 0 Å². The molecular formula is C13H19BrF2N2O. The van der Waals surface area contributed by atoms with Crippen molar-refractivity contribution < 1.29 is 13.9 Å². The topological polar surface area (TPSA) is 35.5 Å². The van der Waals surface area contributed by atoms with Crippen LogP contribution in [0.25, 0.3) is 0 Å². The molecule has 1 aromatic rings. The number of rotatable bonds is 8. The lowest BCUT2D eigenvalue weighted by Gasteiger charge is -2.26. The lowest BCUT2D eigenvalue weighted by atomic mass is 10.1. The zero-order valence-corrected chi connectivity index (χ0v) is 12.5. The summed E-state index contributed by atoms with van der Waals surface area (Å²) >= 11 is 3.35. The largest absolute Gasteiger partial charge is 0.395 e. The zero-order chi connectivity index (χ0) is 14.3. The maximum Gasteiger partial charge on any atom is 0.255 e. The second kappa shape index (κ2) is 8.45. The van der Waals surface area contributed by atoms with Crippen molar-refractivity contribution in [1.82, 2.24) is 5.32 Å². The zero-order valence-electron chi connectivity index (χ0n) is 10.9. The molecule has 0 amide bonds. The Labute approximate surface area is 120 Å². The lowest BCUT2D eigenvalue weighted by molar-refractivity contribution is 0.152. The third-order valence-electron chi connectivity index (χ3n) is 2.68. The second-order valence-electron chi connectivity index (χ2n) is 4.11. The minimum Gasteiger partial charge on any atom is -0.395 e. The minimum absolute atomic E-state index is 0.153. The lowest BCUT2D eigenvalue weighted by Crippen LogP contribution is -2.32. The highest BCUT2D eigenvalue weighted by Crippen LogP contribution is 2.26. The molecule has 6 heteroatoms. The molecule has 0 aliphatic heterocycles. The second-order valence-corrected chi connectivity index (χ2v) is 5.03. The number of aliphatic hydroxyl groups is 1. The fourth-order valence-corrected chi connectivity index (χ4v) is 2.19. The van der Waals surface area contributed by atoms with Gasteiger partial charge < -0.3 is 15.3 Å². The Kier molecular flexibility index (Phi) is 7.27. The Balaban J connectivity index is 3.00. The Morgan fingerprint density at radius 3 is 2.74 bits per heavy atom. The Bertz CT molecular complexity index is 391. The highest BCUT2D eigenvalue weighted by Gasteiger charge is 2.15. The van der Waals surface area contributed by atoms with Gasteiger partial charge in [0, 0.05) is 23.2 Å². The maximum atomic E-state index is 12.6. The summed E-state index contributed by atoms with van der Waals surface area (Å²) in [5.74, 6) is 0. The van der Waals surface area contributed by atoms with Crippen molar-refractivity contribution in [2.45, 2.75) is 19.9 Å². The van der Waals surface area contributed by atoms with E-state index in [1.807, 2.05) is 25.1 Å². The fraction of sp³-hybridized carbons (Fsp3) is 0.538. The summed E-state index contributed by atoms with van der Waals surface area (Å²) < 4.78 is 26.1. The standard InChI is InChI=1S/C13H19BrF2N2O/c1-2-17-8-10-3-4-11(14)7-12(10)18(5-6-19)9-13(15)16/h3-4,7,13,17,19H,2,5-6,8-9H2,1H3. The van der Waals surface area contributed by atoms with E-state index < -0.39 is 6.43 Å². The van der Waals surface area contributed by atoms with Gasteiger partial charge >= 0.3 is 0 Å². The summed E-state index contributed by atoms with van der Waals surface area (Å²) in [4.78, 5) is 1.52. The maximum absolute atomic E-state index is 12.6. The van der Waals surface area contributed by atoms with Gasteiger partial charge in [0.1, 0.15) is 0 Å². The van der Waals surface area contributed by atoms with Crippen LogP contribution in [0.1, 0.15) is 12.5 Å². The summed E-state index contributed by atoms with van der Waals surface area (Å²) in [6, 6.07) is 5.60. The molecule has 3 nitrogen and oxygen atoms in total. The quantitative estimate of drug-likeness (QED) is 0.766. The summed E-state index contributed by atoms with van der Waals surface area (Å²) in [5.41, 5.74) is 1.67. The SMILES string of the molecule is CCNCc1ccc(Br)cc1N(CCO)CC(F)F. The van der Waals surface area contributed by atoms with Crippen molar-refractivity contribution in [3.8, 4) is 0 Å². The average Bonchev–Trinajstić information content (AvgIpc) is 2.36. The van der Waals surface area contributed by atoms with E-state index in [0.717, 1.165) is 22.3 Å². The molecule has 0 fully saturated rings. The van der Waals surface area contributed by atoms with Crippen LogP contribution in [0, 0.1) is 0 Å². The number of anilines is 1.